The van der Waals surface area contributed by atoms with Crippen LogP contribution >= 0.6 is 0 Å². The molecule has 1 aliphatic carbocycles. The lowest BCUT2D eigenvalue weighted by molar-refractivity contribution is -0.123. The zero-order valence-electron chi connectivity index (χ0n) is 14.1. The fraction of sp³-hybridized carbons (Fsp3) is 0.556. The predicted molar refractivity (Wildman–Crippen MR) is 90.2 cm³/mol. The van der Waals surface area contributed by atoms with Gasteiger partial charge in [-0.25, -0.2) is 0 Å². The van der Waals surface area contributed by atoms with Crippen LogP contribution in [0, 0.1) is 11.3 Å². The average Bonchev–Trinajstić information content (AvgIpc) is 2.89. The molecule has 2 amide bonds. The van der Waals surface area contributed by atoms with Crippen LogP contribution in [0.1, 0.15) is 50.4 Å². The van der Waals surface area contributed by atoms with Crippen LogP contribution in [-0.2, 0) is 4.79 Å². The van der Waals surface area contributed by atoms with E-state index in [2.05, 4.69) is 10.6 Å². The summed E-state index contributed by atoms with van der Waals surface area (Å²) in [7, 11) is 0. The van der Waals surface area contributed by atoms with Gasteiger partial charge < -0.3 is 15.7 Å². The summed E-state index contributed by atoms with van der Waals surface area (Å²) in [6.07, 6.45) is 2.41. The Labute approximate surface area is 137 Å². The number of hydrogen-bond donors (Lipinski definition) is 3. The summed E-state index contributed by atoms with van der Waals surface area (Å²) in [4.78, 5) is 24.6. The van der Waals surface area contributed by atoms with E-state index < -0.39 is 5.41 Å². The number of amides is 2. The van der Waals surface area contributed by atoms with Gasteiger partial charge in [-0.1, -0.05) is 39.3 Å². The molecule has 0 radical (unpaired) electrons. The summed E-state index contributed by atoms with van der Waals surface area (Å²) in [5.41, 5.74) is 0.423. The molecule has 0 aliphatic heterocycles. The second kappa shape index (κ2) is 7.13. The molecule has 0 spiro atoms. The van der Waals surface area contributed by atoms with E-state index in [1.165, 1.54) is 0 Å². The minimum absolute atomic E-state index is 0.121. The Balaban J connectivity index is 2.04. The first-order valence-electron chi connectivity index (χ1n) is 8.16. The van der Waals surface area contributed by atoms with Crippen molar-refractivity contribution in [2.45, 2.75) is 46.1 Å². The van der Waals surface area contributed by atoms with Crippen LogP contribution in [0.15, 0.2) is 24.3 Å². The molecule has 1 fully saturated rings. The van der Waals surface area contributed by atoms with Crippen LogP contribution in [0.25, 0.3) is 0 Å². The van der Waals surface area contributed by atoms with Gasteiger partial charge in [-0.05, 0) is 25.0 Å². The first kappa shape index (κ1) is 17.5. The summed E-state index contributed by atoms with van der Waals surface area (Å²) in [5, 5.41) is 15.5. The molecule has 0 heterocycles. The Bertz CT molecular complexity index is 578. The number of carbonyl (C=O) groups is 2. The maximum atomic E-state index is 12.4. The van der Waals surface area contributed by atoms with Crippen molar-refractivity contribution < 1.29 is 14.7 Å². The Kier molecular flexibility index (Phi) is 5.42. The van der Waals surface area contributed by atoms with E-state index in [0.29, 0.717) is 17.8 Å². The zero-order valence-corrected chi connectivity index (χ0v) is 14.1. The minimum atomic E-state index is -0.530. The topological polar surface area (TPSA) is 78.4 Å². The number of nitrogens with one attached hydrogen (secondary N) is 2. The van der Waals surface area contributed by atoms with Crippen LogP contribution < -0.4 is 10.6 Å². The van der Waals surface area contributed by atoms with Crippen molar-refractivity contribution >= 4 is 17.5 Å². The van der Waals surface area contributed by atoms with Gasteiger partial charge >= 0.3 is 0 Å². The lowest BCUT2D eigenvalue weighted by atomic mass is 9.95. The quantitative estimate of drug-likeness (QED) is 0.798. The third-order valence-corrected chi connectivity index (χ3v) is 4.24. The maximum absolute atomic E-state index is 12.4. The number of hydrogen-bond acceptors (Lipinski definition) is 3. The molecule has 2 unspecified atom stereocenters. The highest BCUT2D eigenvalue weighted by atomic mass is 16.3. The number of aliphatic hydroxyl groups is 1. The number of aliphatic hydroxyl groups excluding tert-OH is 1. The number of para-hydroxylation sites is 1. The Morgan fingerprint density at radius 1 is 1.22 bits per heavy atom. The lowest BCUT2D eigenvalue weighted by Gasteiger charge is -2.20. The van der Waals surface area contributed by atoms with Gasteiger partial charge in [0.1, 0.15) is 0 Å². The molecule has 1 aliphatic rings. The molecule has 1 saturated carbocycles. The van der Waals surface area contributed by atoms with E-state index in [4.69, 9.17) is 0 Å². The Hall–Kier alpha value is -1.88. The molecule has 0 aromatic heterocycles. The molecule has 2 rings (SSSR count). The number of rotatable bonds is 4. The minimum Gasteiger partial charge on any atom is -0.393 e. The Morgan fingerprint density at radius 2 is 1.91 bits per heavy atom. The molecule has 0 saturated heterocycles. The number of anilines is 1. The molecule has 5 heteroatoms. The standard InChI is InChI=1S/C18H26N2O3/c1-18(2,3)17(23)20-14-9-5-4-8-13(14)16(22)19-11-12-7-6-10-15(12)21/h4-5,8-9,12,15,21H,6-7,10-11H2,1-3H3,(H,19,22)(H,20,23). The van der Waals surface area contributed by atoms with Gasteiger partial charge in [-0.15, -0.1) is 0 Å². The summed E-state index contributed by atoms with van der Waals surface area (Å²) < 4.78 is 0. The maximum Gasteiger partial charge on any atom is 0.253 e. The smallest absolute Gasteiger partial charge is 0.253 e. The molecule has 5 nitrogen and oxygen atoms in total. The van der Waals surface area contributed by atoms with E-state index in [-0.39, 0.29) is 23.8 Å². The van der Waals surface area contributed by atoms with Crippen molar-refractivity contribution in [1.82, 2.24) is 5.32 Å². The van der Waals surface area contributed by atoms with Gasteiger partial charge in [-0.3, -0.25) is 9.59 Å². The van der Waals surface area contributed by atoms with Crippen molar-refractivity contribution in [3.8, 4) is 0 Å². The first-order chi connectivity index (χ1) is 10.8. The molecule has 126 valence electrons. The van der Waals surface area contributed by atoms with Crippen LogP contribution in [0.2, 0.25) is 0 Å². The van der Waals surface area contributed by atoms with E-state index >= 15 is 0 Å². The molecular formula is C18H26N2O3. The average molecular weight is 318 g/mol. The van der Waals surface area contributed by atoms with Crippen molar-refractivity contribution in [3.63, 3.8) is 0 Å². The monoisotopic (exact) mass is 318 g/mol. The van der Waals surface area contributed by atoms with Crippen LogP contribution in [0.5, 0.6) is 0 Å². The van der Waals surface area contributed by atoms with Crippen molar-refractivity contribution in [1.29, 1.82) is 0 Å². The fourth-order valence-electron chi connectivity index (χ4n) is 2.67. The van der Waals surface area contributed by atoms with Gasteiger partial charge in [0.05, 0.1) is 17.4 Å². The first-order valence-corrected chi connectivity index (χ1v) is 8.16. The molecule has 23 heavy (non-hydrogen) atoms. The summed E-state index contributed by atoms with van der Waals surface area (Å²) in [6.45, 7) is 5.94. The normalized spacial score (nSPS) is 21.0. The molecule has 0 bridgehead atoms. The molecule has 2 atom stereocenters. The Morgan fingerprint density at radius 3 is 2.52 bits per heavy atom. The highest BCUT2D eigenvalue weighted by molar-refractivity contribution is 6.04. The van der Waals surface area contributed by atoms with Crippen LogP contribution in [-0.4, -0.2) is 29.6 Å². The van der Waals surface area contributed by atoms with E-state index in [1.807, 2.05) is 20.8 Å². The van der Waals surface area contributed by atoms with Crippen molar-refractivity contribution in [2.75, 3.05) is 11.9 Å². The predicted octanol–water partition coefficient (Wildman–Crippen LogP) is 2.56. The van der Waals surface area contributed by atoms with Gasteiger partial charge in [0.25, 0.3) is 5.91 Å². The highest BCUT2D eigenvalue weighted by Crippen LogP contribution is 2.25. The summed E-state index contributed by atoms with van der Waals surface area (Å²) >= 11 is 0. The van der Waals surface area contributed by atoms with E-state index in [1.54, 1.807) is 24.3 Å². The third kappa shape index (κ3) is 4.55. The van der Waals surface area contributed by atoms with E-state index in [9.17, 15) is 14.7 Å². The molecule has 1 aromatic rings. The van der Waals surface area contributed by atoms with Crippen molar-refractivity contribution in [2.24, 2.45) is 11.3 Å². The van der Waals surface area contributed by atoms with Gasteiger partial charge in [0.2, 0.25) is 5.91 Å². The molecule has 3 N–H and O–H groups in total. The van der Waals surface area contributed by atoms with Gasteiger partial charge in [0, 0.05) is 17.9 Å². The second-order valence-electron chi connectivity index (χ2n) is 7.22. The second-order valence-corrected chi connectivity index (χ2v) is 7.22. The van der Waals surface area contributed by atoms with Gasteiger partial charge in [0.15, 0.2) is 0 Å². The molecular weight excluding hydrogens is 292 g/mol. The lowest BCUT2D eigenvalue weighted by Crippen LogP contribution is -2.33. The van der Waals surface area contributed by atoms with Crippen LogP contribution in [0.4, 0.5) is 5.69 Å². The number of benzene rings is 1. The third-order valence-electron chi connectivity index (χ3n) is 4.24. The fourth-order valence-corrected chi connectivity index (χ4v) is 2.67. The largest absolute Gasteiger partial charge is 0.393 e. The number of carbonyl (C=O) groups excluding carboxylic acids is 2. The van der Waals surface area contributed by atoms with E-state index in [0.717, 1.165) is 19.3 Å². The SMILES string of the molecule is CC(C)(C)C(=O)Nc1ccccc1C(=O)NCC1CCCC1O. The van der Waals surface area contributed by atoms with Crippen molar-refractivity contribution in [3.05, 3.63) is 29.8 Å². The highest BCUT2D eigenvalue weighted by Gasteiger charge is 2.26. The van der Waals surface area contributed by atoms with Crippen LogP contribution in [0.3, 0.4) is 0 Å². The zero-order chi connectivity index (χ0) is 17.0. The van der Waals surface area contributed by atoms with Gasteiger partial charge in [-0.2, -0.15) is 0 Å². The molecule has 1 aromatic carbocycles. The summed E-state index contributed by atoms with van der Waals surface area (Å²) in [6, 6.07) is 6.98. The summed E-state index contributed by atoms with van der Waals surface area (Å²) in [5.74, 6) is -0.242.